The normalized spacial score (nSPS) is 11.1. The monoisotopic (exact) mass is 325 g/mol. The summed E-state index contributed by atoms with van der Waals surface area (Å²) in [6, 6.07) is 5.93. The van der Waals surface area contributed by atoms with Crippen molar-refractivity contribution < 1.29 is 0 Å². The zero-order valence-corrected chi connectivity index (χ0v) is 12.9. The van der Waals surface area contributed by atoms with Gasteiger partial charge in [0.15, 0.2) is 0 Å². The maximum atomic E-state index is 5.73. The van der Waals surface area contributed by atoms with Crippen molar-refractivity contribution in [3.8, 4) is 0 Å². The van der Waals surface area contributed by atoms with Gasteiger partial charge < -0.3 is 5.73 Å². The molecule has 18 heavy (non-hydrogen) atoms. The van der Waals surface area contributed by atoms with Crippen LogP contribution in [0.15, 0.2) is 28.1 Å². The van der Waals surface area contributed by atoms with E-state index in [0.29, 0.717) is 0 Å². The second kappa shape index (κ2) is 5.82. The van der Waals surface area contributed by atoms with Gasteiger partial charge in [-0.1, -0.05) is 22.0 Å². The average molecular weight is 326 g/mol. The number of aryl methyl sites for hydroxylation is 1. The van der Waals surface area contributed by atoms with Gasteiger partial charge in [0.2, 0.25) is 0 Å². The molecular formula is C13H16BrN3S. The fourth-order valence-corrected chi connectivity index (χ4v) is 2.92. The lowest BCUT2D eigenvalue weighted by molar-refractivity contribution is 0.315. The quantitative estimate of drug-likeness (QED) is 0.876. The number of thiazole rings is 1. The first kappa shape index (κ1) is 13.5. The van der Waals surface area contributed by atoms with E-state index in [1.165, 1.54) is 5.56 Å². The summed E-state index contributed by atoms with van der Waals surface area (Å²) in [6.45, 7) is 3.77. The lowest BCUT2D eigenvalue weighted by Crippen LogP contribution is -2.17. The maximum Gasteiger partial charge on any atom is 0.0897 e. The molecule has 0 saturated heterocycles. The molecule has 3 nitrogen and oxygen atoms in total. The van der Waals surface area contributed by atoms with Crippen molar-refractivity contribution in [3.63, 3.8) is 0 Å². The molecule has 1 aromatic carbocycles. The van der Waals surface area contributed by atoms with E-state index in [9.17, 15) is 0 Å². The summed E-state index contributed by atoms with van der Waals surface area (Å²) in [5.41, 5.74) is 8.88. The lowest BCUT2D eigenvalue weighted by atomic mass is 10.2. The minimum Gasteiger partial charge on any atom is -0.399 e. The molecule has 0 aliphatic carbocycles. The minimum atomic E-state index is 0.781. The Morgan fingerprint density at radius 2 is 2.17 bits per heavy atom. The molecule has 0 atom stereocenters. The molecule has 0 radical (unpaired) electrons. The van der Waals surface area contributed by atoms with Crippen LogP contribution >= 0.6 is 27.3 Å². The van der Waals surface area contributed by atoms with Crippen LogP contribution in [-0.4, -0.2) is 16.9 Å². The third-order valence-corrected chi connectivity index (χ3v) is 4.18. The second-order valence-electron chi connectivity index (χ2n) is 4.38. The molecule has 2 rings (SSSR count). The molecule has 0 fully saturated rings. The van der Waals surface area contributed by atoms with Crippen LogP contribution < -0.4 is 5.73 Å². The molecule has 2 aromatic rings. The van der Waals surface area contributed by atoms with Gasteiger partial charge in [-0.15, -0.1) is 11.3 Å². The van der Waals surface area contributed by atoms with Crippen LogP contribution in [0.1, 0.15) is 16.3 Å². The first-order chi connectivity index (χ1) is 8.54. The van der Waals surface area contributed by atoms with Crippen LogP contribution in [0, 0.1) is 6.92 Å². The predicted octanol–water partition coefficient (Wildman–Crippen LogP) is 3.43. The molecule has 1 aromatic heterocycles. The van der Waals surface area contributed by atoms with E-state index < -0.39 is 0 Å². The highest BCUT2D eigenvalue weighted by atomic mass is 79.9. The number of rotatable bonds is 4. The van der Waals surface area contributed by atoms with E-state index in [1.54, 1.807) is 11.3 Å². The number of nitrogens with two attached hydrogens (primary N) is 1. The van der Waals surface area contributed by atoms with Crippen LogP contribution in [0.5, 0.6) is 0 Å². The highest BCUT2D eigenvalue weighted by Crippen LogP contribution is 2.21. The zero-order chi connectivity index (χ0) is 13.1. The molecule has 0 spiro atoms. The summed E-state index contributed by atoms with van der Waals surface area (Å²) >= 11 is 5.24. The average Bonchev–Trinajstić information content (AvgIpc) is 2.68. The summed E-state index contributed by atoms with van der Waals surface area (Å²) in [5, 5.41) is 3.23. The third-order valence-electron chi connectivity index (χ3n) is 2.62. The molecule has 0 unspecified atom stereocenters. The second-order valence-corrected chi connectivity index (χ2v) is 6.30. The van der Waals surface area contributed by atoms with Crippen LogP contribution in [0.3, 0.4) is 0 Å². The summed E-state index contributed by atoms with van der Waals surface area (Å²) in [6.07, 6.45) is 0. The summed E-state index contributed by atoms with van der Waals surface area (Å²) in [4.78, 5) is 6.71. The standard InChI is InChI=1S/C13H16BrN3S/c1-9-16-12(8-18-9)7-17(2)6-10-3-4-11(15)5-13(10)14/h3-5,8H,6-7,15H2,1-2H3. The zero-order valence-electron chi connectivity index (χ0n) is 10.5. The number of hydrogen-bond acceptors (Lipinski definition) is 4. The van der Waals surface area contributed by atoms with Crippen molar-refractivity contribution in [1.82, 2.24) is 9.88 Å². The number of anilines is 1. The van der Waals surface area contributed by atoms with Crippen LogP contribution in [0.2, 0.25) is 0 Å². The lowest BCUT2D eigenvalue weighted by Gasteiger charge is -2.16. The molecule has 96 valence electrons. The van der Waals surface area contributed by atoms with Crippen molar-refractivity contribution in [3.05, 3.63) is 44.3 Å². The molecule has 1 heterocycles. The Hall–Kier alpha value is -0.910. The van der Waals surface area contributed by atoms with Crippen LogP contribution in [0.4, 0.5) is 5.69 Å². The molecule has 5 heteroatoms. The summed E-state index contributed by atoms with van der Waals surface area (Å²) in [5.74, 6) is 0. The van der Waals surface area contributed by atoms with Gasteiger partial charge in [0.25, 0.3) is 0 Å². The fraction of sp³-hybridized carbons (Fsp3) is 0.308. The Morgan fingerprint density at radius 3 is 2.78 bits per heavy atom. The van der Waals surface area contributed by atoms with Gasteiger partial charge in [-0.2, -0.15) is 0 Å². The van der Waals surface area contributed by atoms with Crippen molar-refractivity contribution in [2.45, 2.75) is 20.0 Å². The Bertz CT molecular complexity index is 539. The first-order valence-corrected chi connectivity index (χ1v) is 7.35. The highest BCUT2D eigenvalue weighted by Gasteiger charge is 2.07. The van der Waals surface area contributed by atoms with Crippen molar-refractivity contribution >= 4 is 33.0 Å². The fourth-order valence-electron chi connectivity index (χ4n) is 1.80. The SMILES string of the molecule is Cc1nc(CN(C)Cc2ccc(N)cc2Br)cs1. The van der Waals surface area contributed by atoms with E-state index in [0.717, 1.165) is 34.0 Å². The Labute approximate surface area is 120 Å². The molecule has 0 bridgehead atoms. The van der Waals surface area contributed by atoms with Crippen LogP contribution in [-0.2, 0) is 13.1 Å². The van der Waals surface area contributed by atoms with E-state index in [2.05, 4.69) is 44.3 Å². The van der Waals surface area contributed by atoms with E-state index in [4.69, 9.17) is 5.73 Å². The topological polar surface area (TPSA) is 42.2 Å². The van der Waals surface area contributed by atoms with Crippen molar-refractivity contribution in [2.75, 3.05) is 12.8 Å². The molecule has 0 saturated carbocycles. The van der Waals surface area contributed by atoms with Gasteiger partial charge in [0.05, 0.1) is 10.7 Å². The molecule has 2 N–H and O–H groups in total. The maximum absolute atomic E-state index is 5.73. The number of nitrogen functional groups attached to an aromatic ring is 1. The molecule has 0 aliphatic rings. The molecule has 0 aliphatic heterocycles. The first-order valence-electron chi connectivity index (χ1n) is 5.68. The van der Waals surface area contributed by atoms with Gasteiger partial charge in [-0.3, -0.25) is 4.90 Å². The van der Waals surface area contributed by atoms with E-state index in [1.807, 2.05) is 19.1 Å². The largest absolute Gasteiger partial charge is 0.399 e. The minimum absolute atomic E-state index is 0.781. The van der Waals surface area contributed by atoms with Gasteiger partial charge in [-0.05, 0) is 31.7 Å². The van der Waals surface area contributed by atoms with Gasteiger partial charge in [0, 0.05) is 28.6 Å². The van der Waals surface area contributed by atoms with Gasteiger partial charge in [-0.25, -0.2) is 4.98 Å². The molecular weight excluding hydrogens is 310 g/mol. The third kappa shape index (κ3) is 3.54. The smallest absolute Gasteiger partial charge is 0.0897 e. The Balaban J connectivity index is 2.00. The Morgan fingerprint density at radius 1 is 1.39 bits per heavy atom. The number of nitrogens with zero attached hydrogens (tertiary/aromatic N) is 2. The number of benzene rings is 1. The Kier molecular flexibility index (Phi) is 4.37. The number of hydrogen-bond donors (Lipinski definition) is 1. The summed E-state index contributed by atoms with van der Waals surface area (Å²) in [7, 11) is 2.09. The number of halogens is 1. The van der Waals surface area contributed by atoms with Gasteiger partial charge in [0.1, 0.15) is 0 Å². The van der Waals surface area contributed by atoms with E-state index >= 15 is 0 Å². The van der Waals surface area contributed by atoms with Crippen molar-refractivity contribution in [2.24, 2.45) is 0 Å². The van der Waals surface area contributed by atoms with Crippen LogP contribution in [0.25, 0.3) is 0 Å². The van der Waals surface area contributed by atoms with E-state index in [-0.39, 0.29) is 0 Å². The van der Waals surface area contributed by atoms with Crippen molar-refractivity contribution in [1.29, 1.82) is 0 Å². The predicted molar refractivity (Wildman–Crippen MR) is 80.6 cm³/mol. The summed E-state index contributed by atoms with van der Waals surface area (Å²) < 4.78 is 1.06. The number of aromatic nitrogens is 1. The molecule has 0 amide bonds. The van der Waals surface area contributed by atoms with Gasteiger partial charge >= 0.3 is 0 Å². The highest BCUT2D eigenvalue weighted by molar-refractivity contribution is 9.10.